The predicted octanol–water partition coefficient (Wildman–Crippen LogP) is 2.64. The molecule has 0 aliphatic rings. The largest absolute Gasteiger partial charge is 0.403 e. The molecule has 2 aromatic rings. The van der Waals surface area contributed by atoms with Crippen LogP contribution in [0.25, 0.3) is 0 Å². The lowest BCUT2D eigenvalue weighted by molar-refractivity contribution is 0.255. The van der Waals surface area contributed by atoms with Crippen LogP contribution in [0.5, 0.6) is 0 Å². The Labute approximate surface area is 127 Å². The first-order valence-electron chi connectivity index (χ1n) is 6.29. The van der Waals surface area contributed by atoms with Gasteiger partial charge in [0.2, 0.25) is 0 Å². The normalized spacial score (nSPS) is 12.4. The second-order valence-corrected chi connectivity index (χ2v) is 5.62. The van der Waals surface area contributed by atoms with Gasteiger partial charge in [0.15, 0.2) is 0 Å². The molecule has 0 aliphatic heterocycles. The van der Waals surface area contributed by atoms with E-state index < -0.39 is 17.6 Å². The summed E-state index contributed by atoms with van der Waals surface area (Å²) in [4.78, 5) is 1.36. The van der Waals surface area contributed by atoms with E-state index in [-0.39, 0.29) is 13.0 Å². The Morgan fingerprint density at radius 1 is 1.00 bits per heavy atom. The van der Waals surface area contributed by atoms with Crippen molar-refractivity contribution in [1.29, 1.82) is 0 Å². The van der Waals surface area contributed by atoms with E-state index in [1.807, 2.05) is 0 Å². The fourth-order valence-electron chi connectivity index (χ4n) is 1.92. The summed E-state index contributed by atoms with van der Waals surface area (Å²) >= 11 is 1.26. The molecule has 0 spiro atoms. The minimum Gasteiger partial charge on any atom is -0.403 e. The summed E-state index contributed by atoms with van der Waals surface area (Å²) in [6.45, 7) is -0.296. The van der Waals surface area contributed by atoms with Crippen molar-refractivity contribution in [3.8, 4) is 0 Å². The highest BCUT2D eigenvalue weighted by molar-refractivity contribution is 7.99. The van der Waals surface area contributed by atoms with Crippen molar-refractivity contribution in [2.24, 2.45) is 0 Å². The Morgan fingerprint density at radius 3 is 2.05 bits per heavy atom. The van der Waals surface area contributed by atoms with E-state index in [1.165, 1.54) is 36.0 Å². The third kappa shape index (κ3) is 4.30. The lowest BCUT2D eigenvalue weighted by atomic mass is 9.93. The van der Waals surface area contributed by atoms with E-state index in [9.17, 15) is 19.0 Å². The standard InChI is InChI=1S/C15H13BF2O2S/c16-15(20)7-9-5-11(17)1-3-13(9)21-14-4-2-12(18)6-10(14)8-19/h1-6,15,19-20H,7-8H2. The van der Waals surface area contributed by atoms with Gasteiger partial charge >= 0.3 is 0 Å². The van der Waals surface area contributed by atoms with Gasteiger partial charge in [0, 0.05) is 15.8 Å². The first-order chi connectivity index (χ1) is 9.99. The average Bonchev–Trinajstić information content (AvgIpc) is 2.42. The number of aliphatic hydroxyl groups is 2. The molecular weight excluding hydrogens is 293 g/mol. The van der Waals surface area contributed by atoms with Crippen molar-refractivity contribution in [3.05, 3.63) is 59.2 Å². The molecule has 2 nitrogen and oxygen atoms in total. The molecule has 0 aromatic heterocycles. The zero-order valence-electron chi connectivity index (χ0n) is 11.1. The number of rotatable bonds is 5. The van der Waals surface area contributed by atoms with Crippen LogP contribution in [0.2, 0.25) is 0 Å². The Balaban J connectivity index is 2.35. The number of aliphatic hydroxyl groups excluding tert-OH is 2. The van der Waals surface area contributed by atoms with Crippen molar-refractivity contribution in [3.63, 3.8) is 0 Å². The van der Waals surface area contributed by atoms with Gasteiger partial charge in [-0.15, -0.1) is 0 Å². The molecule has 0 aliphatic carbocycles. The van der Waals surface area contributed by atoms with Gasteiger partial charge < -0.3 is 10.2 Å². The quantitative estimate of drug-likeness (QED) is 0.834. The molecule has 0 saturated heterocycles. The SMILES string of the molecule is [B]C(O)Cc1cc(F)ccc1Sc1ccc(F)cc1CO. The summed E-state index contributed by atoms with van der Waals surface area (Å²) in [5.41, 5.74) is 1.01. The van der Waals surface area contributed by atoms with Crippen molar-refractivity contribution >= 4 is 19.6 Å². The van der Waals surface area contributed by atoms with Crippen molar-refractivity contribution < 1.29 is 19.0 Å². The Morgan fingerprint density at radius 2 is 1.52 bits per heavy atom. The molecule has 2 N–H and O–H groups in total. The Bertz CT molecular complexity index is 635. The molecule has 2 rings (SSSR count). The molecule has 0 amide bonds. The maximum Gasteiger partial charge on any atom is 0.123 e. The van der Waals surface area contributed by atoms with Gasteiger partial charge in [-0.05, 0) is 53.9 Å². The molecule has 6 heteroatoms. The van der Waals surface area contributed by atoms with Crippen LogP contribution in [-0.4, -0.2) is 24.1 Å². The van der Waals surface area contributed by atoms with Crippen LogP contribution < -0.4 is 0 Å². The van der Waals surface area contributed by atoms with E-state index in [1.54, 1.807) is 12.1 Å². The van der Waals surface area contributed by atoms with Crippen LogP contribution >= 0.6 is 11.8 Å². The molecule has 0 fully saturated rings. The fourth-order valence-corrected chi connectivity index (χ4v) is 2.96. The molecule has 21 heavy (non-hydrogen) atoms. The van der Waals surface area contributed by atoms with Crippen molar-refractivity contribution in [2.45, 2.75) is 28.8 Å². The molecule has 1 unspecified atom stereocenters. The maximum atomic E-state index is 13.3. The number of hydrogen-bond acceptors (Lipinski definition) is 3. The zero-order valence-corrected chi connectivity index (χ0v) is 11.9. The highest BCUT2D eigenvalue weighted by Gasteiger charge is 2.11. The molecule has 1 atom stereocenters. The first kappa shape index (κ1) is 16.0. The van der Waals surface area contributed by atoms with Crippen molar-refractivity contribution in [1.82, 2.24) is 0 Å². The number of halogens is 2. The second-order valence-electron chi connectivity index (χ2n) is 4.54. The molecule has 2 radical (unpaired) electrons. The van der Waals surface area contributed by atoms with E-state index in [0.29, 0.717) is 20.9 Å². The summed E-state index contributed by atoms with van der Waals surface area (Å²) in [7, 11) is 5.35. The highest BCUT2D eigenvalue weighted by atomic mass is 32.2. The summed E-state index contributed by atoms with van der Waals surface area (Å²) in [5.74, 6) is -0.850. The minimum atomic E-state index is -1.09. The summed E-state index contributed by atoms with van der Waals surface area (Å²) < 4.78 is 26.5. The summed E-state index contributed by atoms with van der Waals surface area (Å²) in [6.07, 6.45) is 0.107. The topological polar surface area (TPSA) is 40.5 Å². The van der Waals surface area contributed by atoms with Gasteiger partial charge in [0.25, 0.3) is 0 Å². The lowest BCUT2D eigenvalue weighted by Gasteiger charge is -2.13. The van der Waals surface area contributed by atoms with Crippen LogP contribution in [-0.2, 0) is 13.0 Å². The van der Waals surface area contributed by atoms with Gasteiger partial charge in [-0.2, -0.15) is 0 Å². The fraction of sp³-hybridized carbons (Fsp3) is 0.200. The van der Waals surface area contributed by atoms with Gasteiger partial charge in [0.1, 0.15) is 19.5 Å². The minimum absolute atomic E-state index is 0.107. The third-order valence-corrected chi connectivity index (χ3v) is 4.10. The zero-order chi connectivity index (χ0) is 15.4. The Hall–Kier alpha value is -1.37. The van der Waals surface area contributed by atoms with E-state index in [2.05, 4.69) is 0 Å². The smallest absolute Gasteiger partial charge is 0.123 e. The number of hydrogen-bond donors (Lipinski definition) is 2. The maximum absolute atomic E-state index is 13.3. The van der Waals surface area contributed by atoms with Crippen molar-refractivity contribution in [2.75, 3.05) is 0 Å². The van der Waals surface area contributed by atoms with Crippen LogP contribution in [0.3, 0.4) is 0 Å². The number of benzene rings is 2. The van der Waals surface area contributed by atoms with Crippen LogP contribution in [0.1, 0.15) is 11.1 Å². The van der Waals surface area contributed by atoms with Gasteiger partial charge in [-0.1, -0.05) is 11.8 Å². The van der Waals surface area contributed by atoms with Crippen LogP contribution in [0.4, 0.5) is 8.78 Å². The summed E-state index contributed by atoms with van der Waals surface area (Å²) in [5, 5.41) is 18.6. The predicted molar refractivity (Wildman–Crippen MR) is 78.3 cm³/mol. The van der Waals surface area contributed by atoms with Gasteiger partial charge in [0.05, 0.1) is 6.61 Å². The molecular formula is C15H13BF2O2S. The summed E-state index contributed by atoms with van der Waals surface area (Å²) in [6, 6.07) is 7.19. The molecule has 0 heterocycles. The second kappa shape index (κ2) is 7.07. The van der Waals surface area contributed by atoms with E-state index in [4.69, 9.17) is 7.85 Å². The first-order valence-corrected chi connectivity index (χ1v) is 7.10. The molecule has 0 bridgehead atoms. The van der Waals surface area contributed by atoms with Crippen LogP contribution in [0, 0.1) is 11.6 Å². The van der Waals surface area contributed by atoms with Gasteiger partial charge in [-0.3, -0.25) is 0 Å². The third-order valence-electron chi connectivity index (χ3n) is 2.86. The lowest BCUT2D eigenvalue weighted by Crippen LogP contribution is -2.10. The highest BCUT2D eigenvalue weighted by Crippen LogP contribution is 2.34. The average molecular weight is 306 g/mol. The van der Waals surface area contributed by atoms with Gasteiger partial charge in [-0.25, -0.2) is 8.78 Å². The molecule has 2 aromatic carbocycles. The van der Waals surface area contributed by atoms with E-state index >= 15 is 0 Å². The Kier molecular flexibility index (Phi) is 5.39. The monoisotopic (exact) mass is 306 g/mol. The van der Waals surface area contributed by atoms with E-state index in [0.717, 1.165) is 0 Å². The van der Waals surface area contributed by atoms with Crippen LogP contribution in [0.15, 0.2) is 46.2 Å². The molecule has 0 saturated carbocycles. The molecule has 108 valence electrons.